The van der Waals surface area contributed by atoms with Crippen molar-refractivity contribution in [2.45, 2.75) is 59.0 Å². The van der Waals surface area contributed by atoms with Crippen molar-refractivity contribution in [1.29, 1.82) is 0 Å². The molecule has 4 N–H and O–H groups in total. The lowest BCUT2D eigenvalue weighted by Gasteiger charge is -2.37. The summed E-state index contributed by atoms with van der Waals surface area (Å²) in [5.74, 6) is 1.38. The Kier molecular flexibility index (Phi) is 8.18. The van der Waals surface area contributed by atoms with E-state index >= 15 is 0 Å². The van der Waals surface area contributed by atoms with E-state index in [0.29, 0.717) is 22.9 Å². The van der Waals surface area contributed by atoms with Gasteiger partial charge in [-0.3, -0.25) is 4.98 Å². The molecule has 0 aliphatic rings. The highest BCUT2D eigenvalue weighted by atomic mass is 35.5. The van der Waals surface area contributed by atoms with Crippen molar-refractivity contribution in [3.8, 4) is 0 Å². The highest BCUT2D eigenvalue weighted by Crippen LogP contribution is 2.31. The van der Waals surface area contributed by atoms with E-state index in [1.165, 1.54) is 0 Å². The molecule has 2 heterocycles. The van der Waals surface area contributed by atoms with E-state index in [1.54, 1.807) is 6.20 Å². The summed E-state index contributed by atoms with van der Waals surface area (Å²) in [6.07, 6.45) is 2.56. The SMILES string of the molecule is Cc1ccccc1Nc1nc(Nc2ccccc2C)nc(NC(C)(C)CC(C)(C)Nc2ccnc3cc(Cl)ccc23)n1. The first-order chi connectivity index (χ1) is 20.0. The molecule has 2 aromatic heterocycles. The van der Waals surface area contributed by atoms with Crippen LogP contribution in [0.3, 0.4) is 0 Å². The van der Waals surface area contributed by atoms with Gasteiger partial charge in [0.2, 0.25) is 17.8 Å². The molecular weight excluding hydrogens is 544 g/mol. The Balaban J connectivity index is 1.40. The third kappa shape index (κ3) is 7.25. The molecule has 0 atom stereocenters. The average molecular weight is 581 g/mol. The van der Waals surface area contributed by atoms with Gasteiger partial charge in [0, 0.05) is 44.7 Å². The van der Waals surface area contributed by atoms with Crippen LogP contribution in [0.1, 0.15) is 45.2 Å². The van der Waals surface area contributed by atoms with Crippen molar-refractivity contribution in [2.75, 3.05) is 21.3 Å². The first-order valence-electron chi connectivity index (χ1n) is 14.0. The number of benzene rings is 3. The van der Waals surface area contributed by atoms with Crippen molar-refractivity contribution in [2.24, 2.45) is 0 Å². The van der Waals surface area contributed by atoms with Crippen molar-refractivity contribution >= 4 is 57.4 Å². The van der Waals surface area contributed by atoms with E-state index in [4.69, 9.17) is 21.6 Å². The van der Waals surface area contributed by atoms with E-state index in [1.807, 2.05) is 86.6 Å². The largest absolute Gasteiger partial charge is 0.379 e. The summed E-state index contributed by atoms with van der Waals surface area (Å²) in [7, 11) is 0. The van der Waals surface area contributed by atoms with Crippen LogP contribution in [0.4, 0.5) is 34.9 Å². The molecule has 0 saturated carbocycles. The Morgan fingerprint density at radius 3 is 1.79 bits per heavy atom. The molecule has 0 aliphatic carbocycles. The fourth-order valence-electron chi connectivity index (χ4n) is 5.30. The van der Waals surface area contributed by atoms with Crippen molar-refractivity contribution < 1.29 is 0 Å². The van der Waals surface area contributed by atoms with Gasteiger partial charge in [0.15, 0.2) is 0 Å². The van der Waals surface area contributed by atoms with Gasteiger partial charge in [0.25, 0.3) is 0 Å². The maximum atomic E-state index is 6.20. The monoisotopic (exact) mass is 580 g/mol. The molecule has 9 heteroatoms. The molecule has 0 fully saturated rings. The fourth-order valence-corrected chi connectivity index (χ4v) is 5.47. The van der Waals surface area contributed by atoms with Gasteiger partial charge in [-0.25, -0.2) is 0 Å². The van der Waals surface area contributed by atoms with Crippen LogP contribution in [0.15, 0.2) is 79.0 Å². The Bertz CT molecular complexity index is 1650. The number of hydrogen-bond acceptors (Lipinski definition) is 8. The predicted molar refractivity (Wildman–Crippen MR) is 176 cm³/mol. The summed E-state index contributed by atoms with van der Waals surface area (Å²) in [4.78, 5) is 18.7. The summed E-state index contributed by atoms with van der Waals surface area (Å²) < 4.78 is 0. The maximum absolute atomic E-state index is 6.20. The molecule has 0 amide bonds. The molecule has 0 saturated heterocycles. The third-order valence-corrected chi connectivity index (χ3v) is 7.17. The number of rotatable bonds is 10. The first kappa shape index (κ1) is 29.1. The Hall–Kier alpha value is -4.43. The number of para-hydroxylation sites is 2. The number of pyridine rings is 1. The number of halogens is 1. The highest BCUT2D eigenvalue weighted by molar-refractivity contribution is 6.31. The van der Waals surface area contributed by atoms with Crippen LogP contribution in [-0.2, 0) is 0 Å². The van der Waals surface area contributed by atoms with Crippen molar-refractivity contribution in [1.82, 2.24) is 19.9 Å². The second-order valence-corrected chi connectivity index (χ2v) is 12.3. The van der Waals surface area contributed by atoms with Crippen LogP contribution in [0.5, 0.6) is 0 Å². The van der Waals surface area contributed by atoms with Gasteiger partial charge >= 0.3 is 0 Å². The standard InChI is InChI=1S/C33H37ClN8/c1-21-11-7-9-13-25(21)36-29-38-30(37-26-14-10-8-12-22(26)2)40-31(39-29)42-33(5,6)20-32(3,4)41-27-17-18-35-28-19-23(34)15-16-24(27)28/h7-19H,20H2,1-6H3,(H,35,41)(H3,36,37,38,39,40,42). The van der Waals surface area contributed by atoms with Gasteiger partial charge in [-0.15, -0.1) is 0 Å². The van der Waals surface area contributed by atoms with Gasteiger partial charge in [-0.1, -0.05) is 48.0 Å². The first-order valence-corrected chi connectivity index (χ1v) is 14.4. The Morgan fingerprint density at radius 1 is 0.643 bits per heavy atom. The van der Waals surface area contributed by atoms with Crippen LogP contribution >= 0.6 is 11.6 Å². The van der Waals surface area contributed by atoms with Crippen LogP contribution in [0, 0.1) is 13.8 Å². The normalized spacial score (nSPS) is 11.8. The number of hydrogen-bond donors (Lipinski definition) is 4. The number of aromatic nitrogens is 4. The quantitative estimate of drug-likeness (QED) is 0.130. The molecule has 5 aromatic rings. The minimum Gasteiger partial charge on any atom is -0.379 e. The number of nitrogens with zero attached hydrogens (tertiary/aromatic N) is 4. The van der Waals surface area contributed by atoms with Gasteiger partial charge in [-0.2, -0.15) is 15.0 Å². The van der Waals surface area contributed by atoms with Gasteiger partial charge < -0.3 is 21.3 Å². The molecule has 0 bridgehead atoms. The van der Waals surface area contributed by atoms with E-state index in [-0.39, 0.29) is 11.1 Å². The zero-order chi connectivity index (χ0) is 29.9. The molecule has 42 heavy (non-hydrogen) atoms. The molecule has 0 aliphatic heterocycles. The topological polar surface area (TPSA) is 99.7 Å². The van der Waals surface area contributed by atoms with E-state index in [2.05, 4.69) is 58.9 Å². The molecule has 3 aromatic carbocycles. The van der Waals surface area contributed by atoms with Crippen molar-refractivity contribution in [3.63, 3.8) is 0 Å². The van der Waals surface area contributed by atoms with Gasteiger partial charge in [-0.05, 0) is 95.5 Å². The van der Waals surface area contributed by atoms with Crippen molar-refractivity contribution in [3.05, 3.63) is 95.1 Å². The maximum Gasteiger partial charge on any atom is 0.233 e. The number of fused-ring (bicyclic) bond motifs is 1. The summed E-state index contributed by atoms with van der Waals surface area (Å²) in [6, 6.07) is 23.9. The zero-order valence-electron chi connectivity index (χ0n) is 24.9. The number of nitrogens with one attached hydrogen (secondary N) is 4. The number of anilines is 6. The molecule has 5 rings (SSSR count). The Labute approximate surface area is 252 Å². The minimum absolute atomic E-state index is 0.290. The zero-order valence-corrected chi connectivity index (χ0v) is 25.6. The van der Waals surface area contributed by atoms with E-state index in [9.17, 15) is 0 Å². The Morgan fingerprint density at radius 2 is 1.19 bits per heavy atom. The van der Waals surface area contributed by atoms with Crippen LogP contribution < -0.4 is 21.3 Å². The van der Waals surface area contributed by atoms with Crippen LogP contribution in [0.25, 0.3) is 10.9 Å². The second kappa shape index (κ2) is 11.8. The summed E-state index contributed by atoms with van der Waals surface area (Å²) in [6.45, 7) is 12.8. The minimum atomic E-state index is -0.385. The third-order valence-electron chi connectivity index (χ3n) is 6.93. The fraction of sp³-hybridized carbons (Fsp3) is 0.273. The highest BCUT2D eigenvalue weighted by Gasteiger charge is 2.30. The lowest BCUT2D eigenvalue weighted by Crippen LogP contribution is -2.44. The molecule has 8 nitrogen and oxygen atoms in total. The summed E-state index contributed by atoms with van der Waals surface area (Å²) in [5.41, 5.74) is 5.25. The molecule has 216 valence electrons. The molecule has 0 unspecified atom stereocenters. The second-order valence-electron chi connectivity index (χ2n) is 11.9. The number of aryl methyl sites for hydroxylation is 2. The van der Waals surface area contributed by atoms with Gasteiger partial charge in [0.1, 0.15) is 0 Å². The van der Waals surface area contributed by atoms with E-state index in [0.717, 1.165) is 45.5 Å². The predicted octanol–water partition coefficient (Wildman–Crippen LogP) is 8.65. The summed E-state index contributed by atoms with van der Waals surface area (Å²) in [5, 5.41) is 15.7. The summed E-state index contributed by atoms with van der Waals surface area (Å²) >= 11 is 6.20. The lowest BCUT2D eigenvalue weighted by atomic mass is 9.86. The molecule has 0 spiro atoms. The molecule has 0 radical (unpaired) electrons. The van der Waals surface area contributed by atoms with Gasteiger partial charge in [0.05, 0.1) is 5.52 Å². The smallest absolute Gasteiger partial charge is 0.233 e. The van der Waals surface area contributed by atoms with Crippen LogP contribution in [0.2, 0.25) is 5.02 Å². The van der Waals surface area contributed by atoms with Crippen LogP contribution in [-0.4, -0.2) is 31.0 Å². The van der Waals surface area contributed by atoms with E-state index < -0.39 is 0 Å². The lowest BCUT2D eigenvalue weighted by molar-refractivity contribution is 0.396. The average Bonchev–Trinajstić information content (AvgIpc) is 2.90. The molecular formula is C33H37ClN8.